The van der Waals surface area contributed by atoms with Gasteiger partial charge in [-0.05, 0) is 109 Å². The molecule has 9 aromatic carbocycles. The summed E-state index contributed by atoms with van der Waals surface area (Å²) in [5.74, 6) is 0. The van der Waals surface area contributed by atoms with Crippen LogP contribution < -0.4 is 4.90 Å². The summed E-state index contributed by atoms with van der Waals surface area (Å²) in [6.45, 7) is 0. The lowest BCUT2D eigenvalue weighted by molar-refractivity contribution is 1.28. The second-order valence-electron chi connectivity index (χ2n) is 13.0. The topological polar surface area (TPSA) is 3.24 Å². The Hall–Kier alpha value is -6.70. The molecule has 0 radical (unpaired) electrons. The monoisotopic (exact) mass is 649 g/mol. The van der Waals surface area contributed by atoms with E-state index in [4.69, 9.17) is 0 Å². The van der Waals surface area contributed by atoms with Crippen molar-refractivity contribution in [3.63, 3.8) is 0 Å². The van der Waals surface area contributed by atoms with Gasteiger partial charge in [0.15, 0.2) is 0 Å². The predicted molar refractivity (Wildman–Crippen MR) is 218 cm³/mol. The van der Waals surface area contributed by atoms with Crippen molar-refractivity contribution in [1.82, 2.24) is 0 Å². The molecule has 51 heavy (non-hydrogen) atoms. The highest BCUT2D eigenvalue weighted by Gasteiger charge is 2.16. The number of benzene rings is 9. The summed E-state index contributed by atoms with van der Waals surface area (Å²) in [5.41, 5.74) is 13.0. The molecule has 0 unspecified atom stereocenters. The Kier molecular flexibility index (Phi) is 7.92. The first kappa shape index (κ1) is 30.4. The Morgan fingerprint density at radius 2 is 0.706 bits per heavy atom. The van der Waals surface area contributed by atoms with E-state index in [0.717, 1.165) is 17.1 Å². The van der Waals surface area contributed by atoms with Crippen LogP contribution in [0.15, 0.2) is 212 Å². The van der Waals surface area contributed by atoms with Crippen molar-refractivity contribution >= 4 is 38.6 Å². The molecule has 0 aliphatic carbocycles. The van der Waals surface area contributed by atoms with Gasteiger partial charge in [-0.15, -0.1) is 0 Å². The zero-order chi connectivity index (χ0) is 34.0. The highest BCUT2D eigenvalue weighted by Crippen LogP contribution is 2.40. The van der Waals surface area contributed by atoms with Gasteiger partial charge in [0.25, 0.3) is 0 Å². The van der Waals surface area contributed by atoms with Crippen molar-refractivity contribution in [2.24, 2.45) is 0 Å². The van der Waals surface area contributed by atoms with Gasteiger partial charge in [0.1, 0.15) is 0 Å². The molecule has 1 nitrogen and oxygen atoms in total. The third kappa shape index (κ3) is 5.96. The predicted octanol–water partition coefficient (Wildman–Crippen LogP) is 14.1. The van der Waals surface area contributed by atoms with Crippen molar-refractivity contribution in [2.75, 3.05) is 4.90 Å². The van der Waals surface area contributed by atoms with E-state index in [1.54, 1.807) is 0 Å². The van der Waals surface area contributed by atoms with Crippen molar-refractivity contribution in [3.8, 4) is 44.5 Å². The van der Waals surface area contributed by atoms with Gasteiger partial charge in [-0.2, -0.15) is 0 Å². The molecule has 0 saturated heterocycles. The van der Waals surface area contributed by atoms with E-state index in [0.29, 0.717) is 0 Å². The molecule has 0 aromatic heterocycles. The molecule has 0 fully saturated rings. The molecule has 0 heterocycles. The van der Waals surface area contributed by atoms with Crippen LogP contribution in [0, 0.1) is 0 Å². The first-order valence-electron chi connectivity index (χ1n) is 17.5. The van der Waals surface area contributed by atoms with Crippen LogP contribution in [0.4, 0.5) is 17.1 Å². The van der Waals surface area contributed by atoms with Crippen LogP contribution in [0.3, 0.4) is 0 Å². The highest BCUT2D eigenvalue weighted by atomic mass is 15.1. The largest absolute Gasteiger partial charge is 0.310 e. The maximum Gasteiger partial charge on any atom is 0.0467 e. The molecule has 0 aliphatic rings. The average molecular weight is 650 g/mol. The molecule has 9 aromatic rings. The van der Waals surface area contributed by atoms with E-state index in [9.17, 15) is 0 Å². The molecule has 0 atom stereocenters. The van der Waals surface area contributed by atoms with E-state index in [2.05, 4.69) is 217 Å². The highest BCUT2D eigenvalue weighted by molar-refractivity contribution is 6.12. The van der Waals surface area contributed by atoms with E-state index in [-0.39, 0.29) is 0 Å². The normalized spacial score (nSPS) is 11.1. The van der Waals surface area contributed by atoms with E-state index in [1.165, 1.54) is 66.1 Å². The lowest BCUT2D eigenvalue weighted by atomic mass is 9.93. The quantitative estimate of drug-likeness (QED) is 0.155. The standard InChI is InChI=1S/C50H35N/c1-4-12-36(13-5-1)39-22-28-44(29-23-39)51(45-30-24-40(25-31-45)37-14-6-2-7-15-37)46-19-10-18-42(35-46)47-20-11-21-49-48-32-26-41(38-16-8-3-9-17-38)34-43(48)27-33-50(47)49/h1-35H. The van der Waals surface area contributed by atoms with Crippen molar-refractivity contribution < 1.29 is 0 Å². The zero-order valence-electron chi connectivity index (χ0n) is 28.2. The fraction of sp³-hybridized carbons (Fsp3) is 0. The van der Waals surface area contributed by atoms with Gasteiger partial charge in [-0.25, -0.2) is 0 Å². The second kappa shape index (κ2) is 13.3. The number of hydrogen-bond donors (Lipinski definition) is 0. The Labute approximate surface area is 299 Å². The van der Waals surface area contributed by atoms with Gasteiger partial charge in [0, 0.05) is 17.1 Å². The van der Waals surface area contributed by atoms with Crippen LogP contribution >= 0.6 is 0 Å². The fourth-order valence-corrected chi connectivity index (χ4v) is 7.29. The molecule has 0 amide bonds. The minimum Gasteiger partial charge on any atom is -0.310 e. The van der Waals surface area contributed by atoms with Crippen LogP contribution in [0.5, 0.6) is 0 Å². The van der Waals surface area contributed by atoms with Crippen LogP contribution in [0.25, 0.3) is 66.1 Å². The van der Waals surface area contributed by atoms with Gasteiger partial charge in [0.05, 0.1) is 0 Å². The third-order valence-electron chi connectivity index (χ3n) is 9.87. The molecular formula is C50H35N. The van der Waals surface area contributed by atoms with E-state index < -0.39 is 0 Å². The molecule has 0 saturated carbocycles. The summed E-state index contributed by atoms with van der Waals surface area (Å²) in [7, 11) is 0. The number of rotatable bonds is 7. The van der Waals surface area contributed by atoms with E-state index in [1.807, 2.05) is 0 Å². The van der Waals surface area contributed by atoms with Gasteiger partial charge in [0.2, 0.25) is 0 Å². The molecular weight excluding hydrogens is 615 g/mol. The Bertz CT molecular complexity index is 2510. The Morgan fingerprint density at radius 3 is 1.29 bits per heavy atom. The van der Waals surface area contributed by atoms with Crippen molar-refractivity contribution in [3.05, 3.63) is 212 Å². The van der Waals surface area contributed by atoms with Gasteiger partial charge >= 0.3 is 0 Å². The van der Waals surface area contributed by atoms with Crippen molar-refractivity contribution in [1.29, 1.82) is 0 Å². The summed E-state index contributed by atoms with van der Waals surface area (Å²) in [6.07, 6.45) is 0. The minimum atomic E-state index is 1.11. The lowest BCUT2D eigenvalue weighted by Crippen LogP contribution is -2.10. The third-order valence-corrected chi connectivity index (χ3v) is 9.87. The van der Waals surface area contributed by atoms with Crippen LogP contribution in [0.2, 0.25) is 0 Å². The van der Waals surface area contributed by atoms with E-state index >= 15 is 0 Å². The SMILES string of the molecule is c1ccc(-c2ccc(N(c3ccc(-c4ccccc4)cc3)c3cccc(-c4cccc5c4ccc4cc(-c6ccccc6)ccc45)c3)cc2)cc1. The maximum absolute atomic E-state index is 2.36. The minimum absolute atomic E-state index is 1.11. The fourth-order valence-electron chi connectivity index (χ4n) is 7.29. The molecule has 0 bridgehead atoms. The average Bonchev–Trinajstić information content (AvgIpc) is 3.22. The van der Waals surface area contributed by atoms with Crippen molar-refractivity contribution in [2.45, 2.75) is 0 Å². The van der Waals surface area contributed by atoms with Gasteiger partial charge < -0.3 is 4.90 Å². The lowest BCUT2D eigenvalue weighted by Gasteiger charge is -2.26. The summed E-state index contributed by atoms with van der Waals surface area (Å²) in [5, 5.41) is 5.03. The Balaban J connectivity index is 1.13. The first-order valence-corrected chi connectivity index (χ1v) is 17.5. The summed E-state index contributed by atoms with van der Waals surface area (Å²) in [4.78, 5) is 2.36. The molecule has 0 spiro atoms. The first-order chi connectivity index (χ1) is 25.3. The number of anilines is 3. The summed E-state index contributed by atoms with van der Waals surface area (Å²) >= 11 is 0. The molecule has 240 valence electrons. The van der Waals surface area contributed by atoms with Crippen LogP contribution in [-0.4, -0.2) is 0 Å². The molecule has 0 N–H and O–H groups in total. The number of nitrogens with zero attached hydrogens (tertiary/aromatic N) is 1. The molecule has 0 aliphatic heterocycles. The molecule has 9 rings (SSSR count). The maximum atomic E-state index is 2.36. The summed E-state index contributed by atoms with van der Waals surface area (Å²) < 4.78 is 0. The Morgan fingerprint density at radius 1 is 0.235 bits per heavy atom. The van der Waals surface area contributed by atoms with Gasteiger partial charge in [-0.1, -0.05) is 170 Å². The van der Waals surface area contributed by atoms with Crippen LogP contribution in [-0.2, 0) is 0 Å². The molecule has 1 heteroatoms. The zero-order valence-corrected chi connectivity index (χ0v) is 28.2. The smallest absolute Gasteiger partial charge is 0.0467 e. The van der Waals surface area contributed by atoms with Gasteiger partial charge in [-0.3, -0.25) is 0 Å². The number of fused-ring (bicyclic) bond motifs is 3. The van der Waals surface area contributed by atoms with Crippen LogP contribution in [0.1, 0.15) is 0 Å². The summed E-state index contributed by atoms with van der Waals surface area (Å²) in [6, 6.07) is 76.6. The second-order valence-corrected chi connectivity index (χ2v) is 13.0. The number of hydrogen-bond acceptors (Lipinski definition) is 1.